The Labute approximate surface area is 139 Å². The minimum atomic E-state index is 0.244. The number of thiophene rings is 1. The lowest BCUT2D eigenvalue weighted by Gasteiger charge is -2.16. The molecule has 2 aromatic heterocycles. The van der Waals surface area contributed by atoms with E-state index >= 15 is 0 Å². The second kappa shape index (κ2) is 7.87. The minimum absolute atomic E-state index is 0.244. The Hall–Kier alpha value is -0.970. The van der Waals surface area contributed by atoms with Crippen molar-refractivity contribution in [1.29, 1.82) is 0 Å². The molecule has 0 amide bonds. The van der Waals surface area contributed by atoms with Crippen LogP contribution in [0, 0.1) is 0 Å². The van der Waals surface area contributed by atoms with Gasteiger partial charge in [-0.05, 0) is 30.9 Å². The van der Waals surface area contributed by atoms with Crippen LogP contribution in [-0.4, -0.2) is 17.6 Å². The standard InChI is InChI=1S/C15H19Cl2N3S/c1-3-6-18-14-12(16)9-13(17)15(20-14)19-10(2)8-11-5-4-7-21-11/h4-5,7,9-10H,3,6,8H2,1-2H3,(H2,18,19,20). The molecule has 0 bridgehead atoms. The molecule has 114 valence electrons. The lowest BCUT2D eigenvalue weighted by atomic mass is 10.2. The molecule has 2 N–H and O–H groups in total. The summed E-state index contributed by atoms with van der Waals surface area (Å²) in [5, 5.41) is 9.74. The Kier molecular flexibility index (Phi) is 6.15. The number of hydrogen-bond donors (Lipinski definition) is 2. The molecule has 0 spiro atoms. The maximum Gasteiger partial charge on any atom is 0.147 e. The minimum Gasteiger partial charge on any atom is -0.369 e. The second-order valence-electron chi connectivity index (χ2n) is 4.90. The van der Waals surface area contributed by atoms with Crippen LogP contribution in [0.2, 0.25) is 10.0 Å². The molecule has 2 heterocycles. The third-order valence-corrected chi connectivity index (χ3v) is 4.42. The van der Waals surface area contributed by atoms with Crippen molar-refractivity contribution in [1.82, 2.24) is 4.98 Å². The highest BCUT2D eigenvalue weighted by Gasteiger charge is 2.12. The zero-order chi connectivity index (χ0) is 15.2. The highest BCUT2D eigenvalue weighted by Crippen LogP contribution is 2.30. The van der Waals surface area contributed by atoms with E-state index in [2.05, 4.69) is 47.0 Å². The van der Waals surface area contributed by atoms with Crippen LogP contribution in [-0.2, 0) is 6.42 Å². The van der Waals surface area contributed by atoms with Gasteiger partial charge in [0.25, 0.3) is 0 Å². The van der Waals surface area contributed by atoms with Gasteiger partial charge in [0.05, 0.1) is 10.0 Å². The predicted octanol–water partition coefficient (Wildman–Crippen LogP) is 5.31. The zero-order valence-corrected chi connectivity index (χ0v) is 14.4. The van der Waals surface area contributed by atoms with Crippen LogP contribution in [0.5, 0.6) is 0 Å². The monoisotopic (exact) mass is 343 g/mol. The van der Waals surface area contributed by atoms with Gasteiger partial charge in [-0.1, -0.05) is 36.2 Å². The predicted molar refractivity (Wildman–Crippen MR) is 94.1 cm³/mol. The summed E-state index contributed by atoms with van der Waals surface area (Å²) in [4.78, 5) is 5.83. The van der Waals surface area contributed by atoms with Gasteiger partial charge in [-0.25, -0.2) is 4.98 Å². The summed E-state index contributed by atoms with van der Waals surface area (Å²) in [6, 6.07) is 6.17. The van der Waals surface area contributed by atoms with Gasteiger partial charge >= 0.3 is 0 Å². The molecule has 0 saturated carbocycles. The van der Waals surface area contributed by atoms with E-state index in [1.807, 2.05) is 0 Å². The summed E-state index contributed by atoms with van der Waals surface area (Å²) in [5.74, 6) is 1.34. The van der Waals surface area contributed by atoms with E-state index in [0.717, 1.165) is 19.4 Å². The van der Waals surface area contributed by atoms with Crippen molar-refractivity contribution in [2.75, 3.05) is 17.2 Å². The molecular weight excluding hydrogens is 325 g/mol. The smallest absolute Gasteiger partial charge is 0.147 e. The first-order chi connectivity index (χ1) is 10.1. The first-order valence-corrected chi connectivity index (χ1v) is 8.62. The summed E-state index contributed by atoms with van der Waals surface area (Å²) in [6.07, 6.45) is 1.95. The van der Waals surface area contributed by atoms with Crippen LogP contribution in [0.4, 0.5) is 11.6 Å². The maximum atomic E-state index is 6.23. The third-order valence-electron chi connectivity index (χ3n) is 2.94. The number of rotatable bonds is 7. The topological polar surface area (TPSA) is 37.0 Å². The van der Waals surface area contributed by atoms with Crippen molar-refractivity contribution < 1.29 is 0 Å². The number of nitrogens with zero attached hydrogens (tertiary/aromatic N) is 1. The van der Waals surface area contributed by atoms with Crippen molar-refractivity contribution in [3.8, 4) is 0 Å². The molecule has 3 nitrogen and oxygen atoms in total. The molecule has 21 heavy (non-hydrogen) atoms. The molecule has 0 radical (unpaired) electrons. The van der Waals surface area contributed by atoms with Crippen LogP contribution < -0.4 is 10.6 Å². The Morgan fingerprint density at radius 1 is 1.29 bits per heavy atom. The number of nitrogens with one attached hydrogen (secondary N) is 2. The summed E-state index contributed by atoms with van der Waals surface area (Å²) >= 11 is 14.1. The molecule has 0 aromatic carbocycles. The summed E-state index contributed by atoms with van der Waals surface area (Å²) in [5.41, 5.74) is 0. The van der Waals surface area contributed by atoms with E-state index in [9.17, 15) is 0 Å². The number of hydrogen-bond acceptors (Lipinski definition) is 4. The van der Waals surface area contributed by atoms with E-state index < -0.39 is 0 Å². The van der Waals surface area contributed by atoms with E-state index in [1.54, 1.807) is 17.4 Å². The number of pyridine rings is 1. The molecule has 1 unspecified atom stereocenters. The maximum absolute atomic E-state index is 6.23. The first-order valence-electron chi connectivity index (χ1n) is 6.99. The van der Waals surface area contributed by atoms with E-state index in [-0.39, 0.29) is 6.04 Å². The molecule has 0 aliphatic heterocycles. The Morgan fingerprint density at radius 2 is 2.05 bits per heavy atom. The molecule has 2 aromatic rings. The lowest BCUT2D eigenvalue weighted by molar-refractivity contribution is 0.794. The van der Waals surface area contributed by atoms with Gasteiger partial charge in [0, 0.05) is 23.9 Å². The van der Waals surface area contributed by atoms with Crippen molar-refractivity contribution in [2.24, 2.45) is 0 Å². The SMILES string of the molecule is CCCNc1nc(NC(C)Cc2cccs2)c(Cl)cc1Cl. The van der Waals surface area contributed by atoms with Crippen LogP contribution in [0.1, 0.15) is 25.1 Å². The van der Waals surface area contributed by atoms with Crippen molar-refractivity contribution in [2.45, 2.75) is 32.7 Å². The molecular formula is C15H19Cl2N3S. The fourth-order valence-electron chi connectivity index (χ4n) is 1.95. The summed E-state index contributed by atoms with van der Waals surface area (Å²) < 4.78 is 0. The average Bonchev–Trinajstić information content (AvgIpc) is 2.93. The van der Waals surface area contributed by atoms with Crippen LogP contribution in [0.25, 0.3) is 0 Å². The fraction of sp³-hybridized carbons (Fsp3) is 0.400. The van der Waals surface area contributed by atoms with Crippen LogP contribution >= 0.6 is 34.5 Å². The zero-order valence-electron chi connectivity index (χ0n) is 12.1. The summed E-state index contributed by atoms with van der Waals surface area (Å²) in [7, 11) is 0. The molecule has 0 aliphatic carbocycles. The molecule has 0 fully saturated rings. The molecule has 0 saturated heterocycles. The normalized spacial score (nSPS) is 12.2. The van der Waals surface area contributed by atoms with E-state index in [4.69, 9.17) is 23.2 Å². The van der Waals surface area contributed by atoms with Gasteiger partial charge in [-0.3, -0.25) is 0 Å². The highest BCUT2D eigenvalue weighted by molar-refractivity contribution is 7.09. The number of aromatic nitrogens is 1. The lowest BCUT2D eigenvalue weighted by Crippen LogP contribution is -2.19. The van der Waals surface area contributed by atoms with E-state index in [1.165, 1.54) is 4.88 Å². The Morgan fingerprint density at radius 3 is 2.71 bits per heavy atom. The van der Waals surface area contributed by atoms with Gasteiger partial charge in [-0.15, -0.1) is 11.3 Å². The van der Waals surface area contributed by atoms with Crippen LogP contribution in [0.15, 0.2) is 23.6 Å². The van der Waals surface area contributed by atoms with Gasteiger partial charge in [-0.2, -0.15) is 0 Å². The van der Waals surface area contributed by atoms with Gasteiger partial charge < -0.3 is 10.6 Å². The quantitative estimate of drug-likeness (QED) is 0.714. The highest BCUT2D eigenvalue weighted by atomic mass is 35.5. The van der Waals surface area contributed by atoms with Gasteiger partial charge in [0.15, 0.2) is 0 Å². The second-order valence-corrected chi connectivity index (χ2v) is 6.75. The van der Waals surface area contributed by atoms with Crippen molar-refractivity contribution in [3.63, 3.8) is 0 Å². The average molecular weight is 344 g/mol. The number of anilines is 2. The molecule has 1 atom stereocenters. The molecule has 2 rings (SSSR count). The fourth-order valence-corrected chi connectivity index (χ4v) is 3.27. The van der Waals surface area contributed by atoms with E-state index in [0.29, 0.717) is 21.7 Å². The molecule has 0 aliphatic rings. The Balaban J connectivity index is 2.07. The van der Waals surface area contributed by atoms with Crippen molar-refractivity contribution in [3.05, 3.63) is 38.5 Å². The summed E-state index contributed by atoms with van der Waals surface area (Å²) in [6.45, 7) is 5.04. The van der Waals surface area contributed by atoms with Crippen LogP contribution in [0.3, 0.4) is 0 Å². The first kappa shape index (κ1) is 16.4. The third kappa shape index (κ3) is 4.77. The Bertz CT molecular complexity index is 573. The van der Waals surface area contributed by atoms with Gasteiger partial charge in [0.1, 0.15) is 11.6 Å². The van der Waals surface area contributed by atoms with Gasteiger partial charge in [0.2, 0.25) is 0 Å². The molecule has 6 heteroatoms. The largest absolute Gasteiger partial charge is 0.369 e. The number of halogens is 2. The van der Waals surface area contributed by atoms with Crippen molar-refractivity contribution >= 4 is 46.2 Å².